The number of primary amides is 1. The highest BCUT2D eigenvalue weighted by Gasteiger charge is 2.12. The highest BCUT2D eigenvalue weighted by Crippen LogP contribution is 2.24. The van der Waals surface area contributed by atoms with E-state index >= 15 is 0 Å². The topological polar surface area (TPSA) is 72.2 Å². The number of rotatable bonds is 5. The van der Waals surface area contributed by atoms with Gasteiger partial charge >= 0.3 is 0 Å². The van der Waals surface area contributed by atoms with Crippen LogP contribution in [0.1, 0.15) is 15.9 Å². The van der Waals surface area contributed by atoms with Crippen molar-refractivity contribution in [3.8, 4) is 0 Å². The van der Waals surface area contributed by atoms with Crippen LogP contribution in [-0.2, 0) is 4.79 Å². The lowest BCUT2D eigenvalue weighted by Crippen LogP contribution is -2.17. The van der Waals surface area contributed by atoms with Crippen molar-refractivity contribution < 1.29 is 9.59 Å². The summed E-state index contributed by atoms with van der Waals surface area (Å²) in [5.74, 6) is -0.396. The molecule has 1 aromatic carbocycles. The van der Waals surface area contributed by atoms with Crippen LogP contribution < -0.4 is 11.1 Å². The average Bonchev–Trinajstić information content (AvgIpc) is 2.86. The van der Waals surface area contributed by atoms with Crippen molar-refractivity contribution in [2.75, 3.05) is 11.1 Å². The molecule has 0 atom stereocenters. The molecule has 1 heterocycles. The van der Waals surface area contributed by atoms with Crippen LogP contribution in [0.15, 0.2) is 40.6 Å². The van der Waals surface area contributed by atoms with Gasteiger partial charge in [0.2, 0.25) is 5.91 Å². The van der Waals surface area contributed by atoms with Crippen LogP contribution in [0.3, 0.4) is 0 Å². The van der Waals surface area contributed by atoms with Crippen molar-refractivity contribution >= 4 is 39.9 Å². The van der Waals surface area contributed by atoms with Gasteiger partial charge in [0.15, 0.2) is 0 Å². The number of nitrogens with two attached hydrogens (primary N) is 1. The van der Waals surface area contributed by atoms with Gasteiger partial charge in [-0.25, -0.2) is 0 Å². The molecule has 0 bridgehead atoms. The molecule has 0 spiro atoms. The normalized spacial score (nSPS) is 10.2. The zero-order valence-corrected chi connectivity index (χ0v) is 12.5. The highest BCUT2D eigenvalue weighted by atomic mass is 32.2. The fourth-order valence-corrected chi connectivity index (χ4v) is 3.05. The van der Waals surface area contributed by atoms with Gasteiger partial charge in [-0.15, -0.1) is 23.1 Å². The van der Waals surface area contributed by atoms with E-state index < -0.39 is 5.91 Å². The molecule has 20 heavy (non-hydrogen) atoms. The minimum absolute atomic E-state index is 0.152. The van der Waals surface area contributed by atoms with E-state index in [1.807, 2.05) is 31.2 Å². The molecule has 2 rings (SSSR count). The van der Waals surface area contributed by atoms with Crippen LogP contribution in [0.5, 0.6) is 0 Å². The Morgan fingerprint density at radius 1 is 1.25 bits per heavy atom. The summed E-state index contributed by atoms with van der Waals surface area (Å²) < 4.78 is 0. The third-order valence-corrected chi connectivity index (χ3v) is 4.42. The fraction of sp³-hybridized carbons (Fsp3) is 0.143. The van der Waals surface area contributed by atoms with Crippen molar-refractivity contribution in [1.29, 1.82) is 0 Å². The molecule has 0 saturated carbocycles. The third kappa shape index (κ3) is 3.85. The lowest BCUT2D eigenvalue weighted by Gasteiger charge is -2.05. The van der Waals surface area contributed by atoms with Crippen LogP contribution in [0.2, 0.25) is 0 Å². The van der Waals surface area contributed by atoms with Gasteiger partial charge in [0, 0.05) is 4.90 Å². The summed E-state index contributed by atoms with van der Waals surface area (Å²) in [5, 5.41) is 4.94. The number of thiophene rings is 1. The first-order chi connectivity index (χ1) is 9.56. The van der Waals surface area contributed by atoms with E-state index in [2.05, 4.69) is 5.32 Å². The van der Waals surface area contributed by atoms with E-state index in [-0.39, 0.29) is 5.91 Å². The van der Waals surface area contributed by atoms with Crippen LogP contribution in [0.25, 0.3) is 0 Å². The molecule has 6 heteroatoms. The maximum Gasteiger partial charge on any atom is 0.251 e. The van der Waals surface area contributed by atoms with Crippen molar-refractivity contribution in [2.24, 2.45) is 5.73 Å². The van der Waals surface area contributed by atoms with Gasteiger partial charge < -0.3 is 11.1 Å². The van der Waals surface area contributed by atoms with Gasteiger partial charge in [-0.05, 0) is 30.5 Å². The molecule has 0 aliphatic heterocycles. The van der Waals surface area contributed by atoms with Crippen molar-refractivity contribution in [1.82, 2.24) is 0 Å². The van der Waals surface area contributed by atoms with Gasteiger partial charge in [0.1, 0.15) is 5.00 Å². The Hall–Kier alpha value is -1.79. The molecule has 0 unspecified atom stereocenters. The van der Waals surface area contributed by atoms with Crippen LogP contribution in [0.4, 0.5) is 5.00 Å². The molecule has 1 aromatic heterocycles. The second-order valence-corrected chi connectivity index (χ2v) is 6.14. The molecule has 104 valence electrons. The number of carbonyl (C=O) groups is 2. The first-order valence-electron chi connectivity index (χ1n) is 5.93. The van der Waals surface area contributed by atoms with Crippen LogP contribution >= 0.6 is 23.1 Å². The number of aryl methyl sites for hydroxylation is 1. The summed E-state index contributed by atoms with van der Waals surface area (Å²) in [6.45, 7) is 2.02. The van der Waals surface area contributed by atoms with E-state index in [0.717, 1.165) is 4.90 Å². The Kier molecular flexibility index (Phi) is 4.81. The lowest BCUT2D eigenvalue weighted by atomic mass is 10.2. The third-order valence-electron chi connectivity index (χ3n) is 2.57. The number of anilines is 1. The lowest BCUT2D eigenvalue weighted by molar-refractivity contribution is -0.113. The standard InChI is InChI=1S/C14H14N2O2S2/c1-9-2-4-10(5-3-9)20-8-12(17)16-14-11(13(15)18)6-7-19-14/h2-7H,8H2,1H3,(H2,15,18)(H,16,17). The van der Waals surface area contributed by atoms with Crippen molar-refractivity contribution in [3.63, 3.8) is 0 Å². The zero-order valence-electron chi connectivity index (χ0n) is 10.9. The van der Waals surface area contributed by atoms with E-state index in [1.54, 1.807) is 11.4 Å². The van der Waals surface area contributed by atoms with Crippen LogP contribution in [0, 0.1) is 6.92 Å². The van der Waals surface area contributed by atoms with E-state index in [4.69, 9.17) is 5.73 Å². The summed E-state index contributed by atoms with van der Waals surface area (Å²) in [6, 6.07) is 9.58. The smallest absolute Gasteiger partial charge is 0.251 e. The van der Waals surface area contributed by atoms with E-state index in [9.17, 15) is 9.59 Å². The summed E-state index contributed by atoms with van der Waals surface area (Å²) in [6.07, 6.45) is 0. The Morgan fingerprint density at radius 3 is 2.60 bits per heavy atom. The largest absolute Gasteiger partial charge is 0.366 e. The van der Waals surface area contributed by atoms with Crippen molar-refractivity contribution in [2.45, 2.75) is 11.8 Å². The van der Waals surface area contributed by atoms with Gasteiger partial charge in [-0.2, -0.15) is 0 Å². The zero-order chi connectivity index (χ0) is 14.5. The second kappa shape index (κ2) is 6.58. The maximum atomic E-state index is 11.8. The fourth-order valence-electron chi connectivity index (χ4n) is 1.55. The second-order valence-electron chi connectivity index (χ2n) is 4.18. The molecule has 0 saturated heterocycles. The number of hydrogen-bond acceptors (Lipinski definition) is 4. The summed E-state index contributed by atoms with van der Waals surface area (Å²) >= 11 is 2.74. The molecule has 0 aliphatic carbocycles. The molecule has 3 N–H and O–H groups in total. The highest BCUT2D eigenvalue weighted by molar-refractivity contribution is 8.00. The van der Waals surface area contributed by atoms with Gasteiger partial charge in [-0.1, -0.05) is 17.7 Å². The number of thioether (sulfide) groups is 1. The molecule has 0 aliphatic rings. The minimum Gasteiger partial charge on any atom is -0.366 e. The molecular weight excluding hydrogens is 292 g/mol. The number of carbonyl (C=O) groups excluding carboxylic acids is 2. The average molecular weight is 306 g/mol. The molecule has 2 aromatic rings. The summed E-state index contributed by atoms with van der Waals surface area (Å²) in [4.78, 5) is 24.0. The number of hydrogen-bond donors (Lipinski definition) is 2. The van der Waals surface area contributed by atoms with E-state index in [0.29, 0.717) is 16.3 Å². The number of benzene rings is 1. The monoisotopic (exact) mass is 306 g/mol. The minimum atomic E-state index is -0.535. The molecule has 2 amide bonds. The molecule has 0 radical (unpaired) electrons. The maximum absolute atomic E-state index is 11.8. The van der Waals surface area contributed by atoms with Gasteiger partial charge in [0.25, 0.3) is 5.91 Å². The first-order valence-corrected chi connectivity index (χ1v) is 7.79. The summed E-state index contributed by atoms with van der Waals surface area (Å²) in [5.41, 5.74) is 6.76. The Morgan fingerprint density at radius 2 is 1.95 bits per heavy atom. The Bertz CT molecular complexity index is 620. The first kappa shape index (κ1) is 14.6. The molecule has 0 fully saturated rings. The Labute approximate surface area is 125 Å². The SMILES string of the molecule is Cc1ccc(SCC(=O)Nc2sccc2C(N)=O)cc1. The quantitative estimate of drug-likeness (QED) is 0.834. The molecule has 4 nitrogen and oxygen atoms in total. The predicted molar refractivity (Wildman–Crippen MR) is 83.4 cm³/mol. The van der Waals surface area contributed by atoms with Crippen molar-refractivity contribution in [3.05, 3.63) is 46.8 Å². The molecular formula is C14H14N2O2S2. The Balaban J connectivity index is 1.91. The van der Waals surface area contributed by atoms with Gasteiger partial charge in [0.05, 0.1) is 11.3 Å². The van der Waals surface area contributed by atoms with Gasteiger partial charge in [-0.3, -0.25) is 9.59 Å². The number of amides is 2. The number of nitrogens with one attached hydrogen (secondary N) is 1. The van der Waals surface area contributed by atoms with Crippen LogP contribution in [-0.4, -0.2) is 17.6 Å². The predicted octanol–water partition coefficient (Wildman–Crippen LogP) is 2.89. The summed E-state index contributed by atoms with van der Waals surface area (Å²) in [7, 11) is 0. The van der Waals surface area contributed by atoms with E-state index in [1.165, 1.54) is 28.7 Å².